The monoisotopic (exact) mass is 196 g/mol. The molecule has 5 nitrogen and oxygen atoms in total. The molecule has 5 heteroatoms. The number of ketones is 1. The number of rotatable bonds is 3. The van der Waals surface area contributed by atoms with Gasteiger partial charge in [-0.25, -0.2) is 0 Å². The summed E-state index contributed by atoms with van der Waals surface area (Å²) in [5.41, 5.74) is 5.66. The number of nitrogens with one attached hydrogen (secondary N) is 2. The number of hydrogen-bond acceptors (Lipinski definition) is 4. The molecule has 0 saturated carbocycles. The Labute approximate surface area is 81.8 Å². The topological polar surface area (TPSA) is 67.4 Å². The summed E-state index contributed by atoms with van der Waals surface area (Å²) in [6, 6.07) is 0. The number of allylic oxidation sites excluding steroid dienone is 3. The van der Waals surface area contributed by atoms with Crippen molar-refractivity contribution >= 4 is 11.7 Å². The number of carbonyl (C=O) groups is 2. The van der Waals surface area contributed by atoms with Crippen molar-refractivity contribution in [2.24, 2.45) is 0 Å². The van der Waals surface area contributed by atoms with Crippen molar-refractivity contribution in [1.29, 1.82) is 0 Å². The summed E-state index contributed by atoms with van der Waals surface area (Å²) in [6.07, 6.45) is 3.22. The summed E-state index contributed by atoms with van der Waals surface area (Å²) in [5.74, 6) is 0.291. The second-order valence-corrected chi connectivity index (χ2v) is 2.82. The summed E-state index contributed by atoms with van der Waals surface area (Å²) >= 11 is 0. The highest BCUT2D eigenvalue weighted by Crippen LogP contribution is 2.14. The van der Waals surface area contributed by atoms with E-state index in [1.165, 1.54) is 20.1 Å². The number of methoxy groups -OCH3 is 1. The number of hydrogen-bond donors (Lipinski definition) is 2. The first-order valence-electron chi connectivity index (χ1n) is 4.14. The van der Waals surface area contributed by atoms with E-state index < -0.39 is 0 Å². The van der Waals surface area contributed by atoms with Gasteiger partial charge in [0, 0.05) is 6.92 Å². The molecule has 0 unspecified atom stereocenters. The summed E-state index contributed by atoms with van der Waals surface area (Å²) < 4.78 is 5.00. The smallest absolute Gasteiger partial charge is 0.235 e. The number of amides is 1. The zero-order valence-corrected chi connectivity index (χ0v) is 8.09. The van der Waals surface area contributed by atoms with E-state index in [0.717, 1.165) is 0 Å². The SMILES string of the molecule is COC1=C(NNC(C)=O)C=CC(=O)C1. The summed E-state index contributed by atoms with van der Waals surface area (Å²) in [6.45, 7) is 1.39. The Hall–Kier alpha value is -1.78. The molecule has 0 aromatic heterocycles. The van der Waals surface area contributed by atoms with Crippen LogP contribution in [0.1, 0.15) is 13.3 Å². The van der Waals surface area contributed by atoms with E-state index in [0.29, 0.717) is 11.5 Å². The fourth-order valence-corrected chi connectivity index (χ4v) is 1.03. The van der Waals surface area contributed by atoms with Crippen molar-refractivity contribution in [2.45, 2.75) is 13.3 Å². The first-order chi connectivity index (χ1) is 6.63. The van der Waals surface area contributed by atoms with Crippen LogP contribution < -0.4 is 10.9 Å². The Bertz CT molecular complexity index is 318. The molecule has 0 fully saturated rings. The third kappa shape index (κ3) is 2.62. The minimum absolute atomic E-state index is 0.0183. The van der Waals surface area contributed by atoms with Gasteiger partial charge in [-0.15, -0.1) is 0 Å². The highest BCUT2D eigenvalue weighted by atomic mass is 16.5. The van der Waals surface area contributed by atoms with Gasteiger partial charge in [-0.1, -0.05) is 0 Å². The van der Waals surface area contributed by atoms with Gasteiger partial charge in [-0.3, -0.25) is 20.4 Å². The van der Waals surface area contributed by atoms with Crippen LogP contribution in [0.2, 0.25) is 0 Å². The lowest BCUT2D eigenvalue weighted by atomic mass is 10.1. The van der Waals surface area contributed by atoms with Crippen LogP contribution in [0, 0.1) is 0 Å². The predicted octanol–water partition coefficient (Wildman–Crippen LogP) is 0.0141. The van der Waals surface area contributed by atoms with Gasteiger partial charge in [0.05, 0.1) is 19.2 Å². The standard InChI is InChI=1S/C9H12N2O3/c1-6(12)10-11-8-4-3-7(13)5-9(8)14-2/h3-4,11H,5H2,1-2H3,(H,10,12). The highest BCUT2D eigenvalue weighted by Gasteiger charge is 2.13. The van der Waals surface area contributed by atoms with Crippen molar-refractivity contribution in [3.8, 4) is 0 Å². The van der Waals surface area contributed by atoms with E-state index in [1.54, 1.807) is 6.08 Å². The van der Waals surface area contributed by atoms with Gasteiger partial charge in [-0.05, 0) is 12.2 Å². The molecule has 0 radical (unpaired) electrons. The molecule has 1 rings (SSSR count). The number of hydrazine groups is 1. The van der Waals surface area contributed by atoms with Crippen LogP contribution in [-0.2, 0) is 14.3 Å². The molecule has 0 heterocycles. The van der Waals surface area contributed by atoms with Crippen LogP contribution in [0.3, 0.4) is 0 Å². The van der Waals surface area contributed by atoms with Crippen LogP contribution in [0.15, 0.2) is 23.6 Å². The maximum absolute atomic E-state index is 11.0. The maximum Gasteiger partial charge on any atom is 0.235 e. The molecule has 76 valence electrons. The van der Waals surface area contributed by atoms with Crippen LogP contribution in [0.5, 0.6) is 0 Å². The average molecular weight is 196 g/mol. The summed E-state index contributed by atoms with van der Waals surface area (Å²) in [7, 11) is 1.48. The molecule has 0 aliphatic heterocycles. The fourth-order valence-electron chi connectivity index (χ4n) is 1.03. The zero-order chi connectivity index (χ0) is 10.6. The van der Waals surface area contributed by atoms with Gasteiger partial charge >= 0.3 is 0 Å². The first kappa shape index (κ1) is 10.3. The first-order valence-corrected chi connectivity index (χ1v) is 4.14. The van der Waals surface area contributed by atoms with Gasteiger partial charge < -0.3 is 4.74 Å². The lowest BCUT2D eigenvalue weighted by molar-refractivity contribution is -0.119. The van der Waals surface area contributed by atoms with Gasteiger partial charge in [0.1, 0.15) is 5.76 Å². The summed E-state index contributed by atoms with van der Waals surface area (Å²) in [4.78, 5) is 21.6. The molecule has 2 N–H and O–H groups in total. The number of ether oxygens (including phenoxy) is 1. The molecule has 0 aromatic carbocycles. The molecule has 0 bridgehead atoms. The third-order valence-electron chi connectivity index (χ3n) is 1.69. The van der Waals surface area contributed by atoms with Crippen molar-refractivity contribution in [1.82, 2.24) is 10.9 Å². The second kappa shape index (κ2) is 4.45. The third-order valence-corrected chi connectivity index (χ3v) is 1.69. The van der Waals surface area contributed by atoms with E-state index >= 15 is 0 Å². The molecule has 1 amide bonds. The van der Waals surface area contributed by atoms with Crippen molar-refractivity contribution < 1.29 is 14.3 Å². The molecular formula is C9H12N2O3. The van der Waals surface area contributed by atoms with E-state index in [1.807, 2.05) is 0 Å². The Morgan fingerprint density at radius 2 is 2.21 bits per heavy atom. The van der Waals surface area contributed by atoms with E-state index in [4.69, 9.17) is 4.74 Å². The molecular weight excluding hydrogens is 184 g/mol. The minimum Gasteiger partial charge on any atom is -0.498 e. The summed E-state index contributed by atoms with van der Waals surface area (Å²) in [5, 5.41) is 0. The Morgan fingerprint density at radius 3 is 2.79 bits per heavy atom. The lowest BCUT2D eigenvalue weighted by Crippen LogP contribution is -2.36. The van der Waals surface area contributed by atoms with Crippen LogP contribution in [0.4, 0.5) is 0 Å². The lowest BCUT2D eigenvalue weighted by Gasteiger charge is -2.15. The van der Waals surface area contributed by atoms with Crippen molar-refractivity contribution in [3.63, 3.8) is 0 Å². The molecule has 1 aliphatic rings. The Balaban J connectivity index is 2.68. The predicted molar refractivity (Wildman–Crippen MR) is 49.8 cm³/mol. The van der Waals surface area contributed by atoms with Crippen LogP contribution in [-0.4, -0.2) is 18.8 Å². The van der Waals surface area contributed by atoms with E-state index in [-0.39, 0.29) is 18.1 Å². The molecule has 0 atom stereocenters. The second-order valence-electron chi connectivity index (χ2n) is 2.82. The number of carbonyl (C=O) groups excluding carboxylic acids is 2. The Kier molecular flexibility index (Phi) is 3.28. The highest BCUT2D eigenvalue weighted by molar-refractivity contribution is 5.93. The van der Waals surface area contributed by atoms with Crippen LogP contribution >= 0.6 is 0 Å². The molecule has 0 aromatic rings. The largest absolute Gasteiger partial charge is 0.498 e. The minimum atomic E-state index is -0.210. The van der Waals surface area contributed by atoms with Gasteiger partial charge in [0.2, 0.25) is 5.91 Å². The molecule has 0 saturated heterocycles. The maximum atomic E-state index is 11.0. The van der Waals surface area contributed by atoms with Gasteiger partial charge in [0.15, 0.2) is 5.78 Å². The van der Waals surface area contributed by atoms with Crippen LogP contribution in [0.25, 0.3) is 0 Å². The normalized spacial score (nSPS) is 15.4. The fraction of sp³-hybridized carbons (Fsp3) is 0.333. The molecule has 1 aliphatic carbocycles. The van der Waals surface area contributed by atoms with Crippen molar-refractivity contribution in [2.75, 3.05) is 7.11 Å². The quantitative estimate of drug-likeness (QED) is 0.624. The molecule has 14 heavy (non-hydrogen) atoms. The van der Waals surface area contributed by atoms with E-state index in [2.05, 4.69) is 10.9 Å². The van der Waals surface area contributed by atoms with Gasteiger partial charge in [0.25, 0.3) is 0 Å². The van der Waals surface area contributed by atoms with E-state index in [9.17, 15) is 9.59 Å². The zero-order valence-electron chi connectivity index (χ0n) is 8.09. The molecule has 0 spiro atoms. The average Bonchev–Trinajstić information content (AvgIpc) is 2.15. The van der Waals surface area contributed by atoms with Crippen molar-refractivity contribution in [3.05, 3.63) is 23.6 Å². The van der Waals surface area contributed by atoms with Gasteiger partial charge in [-0.2, -0.15) is 0 Å². The Morgan fingerprint density at radius 1 is 1.50 bits per heavy atom.